The summed E-state index contributed by atoms with van der Waals surface area (Å²) in [6.45, 7) is 4.62. The van der Waals surface area contributed by atoms with Crippen LogP contribution in [0.5, 0.6) is 5.75 Å². The Morgan fingerprint density at radius 2 is 1.84 bits per heavy atom. The van der Waals surface area contributed by atoms with Crippen molar-refractivity contribution < 1.29 is 17.9 Å². The molecule has 0 aliphatic heterocycles. The molecule has 0 saturated carbocycles. The standard InChI is InChI=1S/C14H20F3NO/c1-4-10(5-2)9-18-13-7-6-11(19-3)8-12(13)14(15,16)17/h6-8,10,18H,4-5,9H2,1-3H3. The van der Waals surface area contributed by atoms with Crippen LogP contribution in [0.3, 0.4) is 0 Å². The number of rotatable bonds is 6. The molecule has 0 atom stereocenters. The smallest absolute Gasteiger partial charge is 0.418 e. The summed E-state index contributed by atoms with van der Waals surface area (Å²) in [6.07, 6.45) is -2.49. The third-order valence-electron chi connectivity index (χ3n) is 3.27. The number of ether oxygens (including phenoxy) is 1. The van der Waals surface area contributed by atoms with Gasteiger partial charge in [-0.1, -0.05) is 26.7 Å². The van der Waals surface area contributed by atoms with Gasteiger partial charge in [-0.2, -0.15) is 13.2 Å². The Hall–Kier alpha value is -1.39. The van der Waals surface area contributed by atoms with E-state index in [9.17, 15) is 13.2 Å². The molecule has 0 saturated heterocycles. The van der Waals surface area contributed by atoms with Gasteiger partial charge in [0.05, 0.1) is 12.7 Å². The number of halogens is 3. The summed E-state index contributed by atoms with van der Waals surface area (Å²) in [5.74, 6) is 0.587. The fourth-order valence-corrected chi connectivity index (χ4v) is 1.87. The number of methoxy groups -OCH3 is 1. The highest BCUT2D eigenvalue weighted by Gasteiger charge is 2.34. The average Bonchev–Trinajstić information content (AvgIpc) is 2.39. The number of benzene rings is 1. The van der Waals surface area contributed by atoms with E-state index < -0.39 is 11.7 Å². The largest absolute Gasteiger partial charge is 0.497 e. The lowest BCUT2D eigenvalue weighted by Gasteiger charge is -2.18. The summed E-state index contributed by atoms with van der Waals surface area (Å²) in [6, 6.07) is 3.98. The molecule has 2 nitrogen and oxygen atoms in total. The van der Waals surface area contributed by atoms with Crippen molar-refractivity contribution in [1.82, 2.24) is 0 Å². The first-order chi connectivity index (χ1) is 8.92. The van der Waals surface area contributed by atoms with E-state index in [0.29, 0.717) is 12.5 Å². The van der Waals surface area contributed by atoms with Gasteiger partial charge in [0.2, 0.25) is 0 Å². The van der Waals surface area contributed by atoms with Gasteiger partial charge < -0.3 is 10.1 Å². The van der Waals surface area contributed by atoms with Crippen LogP contribution in [0.15, 0.2) is 18.2 Å². The molecular weight excluding hydrogens is 255 g/mol. The molecule has 5 heteroatoms. The van der Waals surface area contributed by atoms with Crippen LogP contribution in [0, 0.1) is 5.92 Å². The van der Waals surface area contributed by atoms with Crippen molar-refractivity contribution in [2.45, 2.75) is 32.9 Å². The monoisotopic (exact) mass is 275 g/mol. The summed E-state index contributed by atoms with van der Waals surface area (Å²) in [5.41, 5.74) is -0.571. The van der Waals surface area contributed by atoms with Crippen molar-refractivity contribution in [2.75, 3.05) is 19.0 Å². The lowest BCUT2D eigenvalue weighted by atomic mass is 10.0. The Morgan fingerprint density at radius 3 is 2.32 bits per heavy atom. The van der Waals surface area contributed by atoms with Crippen molar-refractivity contribution in [3.05, 3.63) is 23.8 Å². The number of hydrogen-bond donors (Lipinski definition) is 1. The maximum absolute atomic E-state index is 13.0. The highest BCUT2D eigenvalue weighted by molar-refractivity contribution is 5.55. The molecule has 0 fully saturated rings. The third-order valence-corrected chi connectivity index (χ3v) is 3.27. The van der Waals surface area contributed by atoms with Gasteiger partial charge in [0.25, 0.3) is 0 Å². The van der Waals surface area contributed by atoms with Crippen LogP contribution < -0.4 is 10.1 Å². The number of alkyl halides is 3. The Bertz CT molecular complexity index is 400. The maximum Gasteiger partial charge on any atom is 0.418 e. The molecule has 0 amide bonds. The van der Waals surface area contributed by atoms with Crippen molar-refractivity contribution in [3.8, 4) is 5.75 Å². The third kappa shape index (κ3) is 4.33. The van der Waals surface area contributed by atoms with Crippen molar-refractivity contribution >= 4 is 5.69 Å². The molecule has 0 spiro atoms. The molecule has 0 radical (unpaired) electrons. The van der Waals surface area contributed by atoms with Crippen LogP contribution in [0.4, 0.5) is 18.9 Å². The van der Waals surface area contributed by atoms with Crippen LogP contribution in [0.2, 0.25) is 0 Å². The summed E-state index contributed by atoms with van der Waals surface area (Å²) in [7, 11) is 1.35. The van der Waals surface area contributed by atoms with Crippen LogP contribution in [-0.4, -0.2) is 13.7 Å². The average molecular weight is 275 g/mol. The molecule has 19 heavy (non-hydrogen) atoms. The zero-order valence-corrected chi connectivity index (χ0v) is 11.5. The first-order valence-corrected chi connectivity index (χ1v) is 6.41. The lowest BCUT2D eigenvalue weighted by molar-refractivity contribution is -0.137. The quantitative estimate of drug-likeness (QED) is 0.821. The van der Waals surface area contributed by atoms with Gasteiger partial charge in [-0.15, -0.1) is 0 Å². The fourth-order valence-electron chi connectivity index (χ4n) is 1.87. The summed E-state index contributed by atoms with van der Waals surface area (Å²) >= 11 is 0. The Balaban J connectivity index is 2.93. The zero-order chi connectivity index (χ0) is 14.5. The van der Waals surface area contributed by atoms with Gasteiger partial charge in [-0.05, 0) is 24.1 Å². The molecule has 1 aromatic carbocycles. The van der Waals surface area contributed by atoms with Gasteiger partial charge in [-0.25, -0.2) is 0 Å². The lowest BCUT2D eigenvalue weighted by Crippen LogP contribution is -2.16. The maximum atomic E-state index is 13.0. The number of anilines is 1. The van der Waals surface area contributed by atoms with E-state index in [1.54, 1.807) is 0 Å². The highest BCUT2D eigenvalue weighted by atomic mass is 19.4. The van der Waals surface area contributed by atoms with Crippen LogP contribution in [-0.2, 0) is 6.18 Å². The Kier molecular flexibility index (Phi) is 5.51. The second kappa shape index (κ2) is 6.68. The highest BCUT2D eigenvalue weighted by Crippen LogP contribution is 2.37. The van der Waals surface area contributed by atoms with Crippen molar-refractivity contribution in [2.24, 2.45) is 5.92 Å². The molecular formula is C14H20F3NO. The predicted molar refractivity (Wildman–Crippen MR) is 70.6 cm³/mol. The summed E-state index contributed by atoms with van der Waals surface area (Å²) < 4.78 is 43.7. The predicted octanol–water partition coefficient (Wildman–Crippen LogP) is 4.56. The molecule has 0 heterocycles. The topological polar surface area (TPSA) is 21.3 Å². The summed E-state index contributed by atoms with van der Waals surface area (Å²) in [4.78, 5) is 0. The van der Waals surface area contributed by atoms with Gasteiger partial charge in [0.15, 0.2) is 0 Å². The van der Waals surface area contributed by atoms with Gasteiger partial charge in [0.1, 0.15) is 5.75 Å². The summed E-state index contributed by atoms with van der Waals surface area (Å²) in [5, 5.41) is 2.90. The van der Waals surface area contributed by atoms with E-state index in [0.717, 1.165) is 18.9 Å². The minimum atomic E-state index is -4.38. The van der Waals surface area contributed by atoms with Crippen LogP contribution in [0.1, 0.15) is 32.3 Å². The van der Waals surface area contributed by atoms with Crippen molar-refractivity contribution in [1.29, 1.82) is 0 Å². The first kappa shape index (κ1) is 15.7. The molecule has 108 valence electrons. The number of nitrogens with one attached hydrogen (secondary N) is 1. The van der Waals surface area contributed by atoms with Gasteiger partial charge >= 0.3 is 6.18 Å². The normalized spacial score (nSPS) is 11.7. The van der Waals surface area contributed by atoms with Crippen LogP contribution >= 0.6 is 0 Å². The molecule has 1 N–H and O–H groups in total. The SMILES string of the molecule is CCC(CC)CNc1ccc(OC)cc1C(F)(F)F. The van der Waals surface area contributed by atoms with E-state index >= 15 is 0 Å². The van der Waals surface area contributed by atoms with E-state index in [1.165, 1.54) is 19.2 Å². The Labute approximate surface area is 112 Å². The minimum absolute atomic E-state index is 0.111. The second-order valence-corrected chi connectivity index (χ2v) is 4.47. The van der Waals surface area contributed by atoms with Crippen LogP contribution in [0.25, 0.3) is 0 Å². The minimum Gasteiger partial charge on any atom is -0.497 e. The second-order valence-electron chi connectivity index (χ2n) is 4.47. The molecule has 0 unspecified atom stereocenters. The molecule has 0 aromatic heterocycles. The van der Waals surface area contributed by atoms with E-state index in [4.69, 9.17) is 4.74 Å². The molecule has 0 aliphatic carbocycles. The zero-order valence-electron chi connectivity index (χ0n) is 11.5. The van der Waals surface area contributed by atoms with Gasteiger partial charge in [0, 0.05) is 12.2 Å². The molecule has 1 aromatic rings. The van der Waals surface area contributed by atoms with Gasteiger partial charge in [-0.3, -0.25) is 0 Å². The van der Waals surface area contributed by atoms with E-state index in [1.807, 2.05) is 13.8 Å². The van der Waals surface area contributed by atoms with E-state index in [2.05, 4.69) is 5.32 Å². The first-order valence-electron chi connectivity index (χ1n) is 6.41. The number of hydrogen-bond acceptors (Lipinski definition) is 2. The molecule has 0 aliphatic rings. The van der Waals surface area contributed by atoms with E-state index in [-0.39, 0.29) is 11.4 Å². The molecule has 1 rings (SSSR count). The van der Waals surface area contributed by atoms with Crippen molar-refractivity contribution in [3.63, 3.8) is 0 Å². The molecule has 0 bridgehead atoms. The Morgan fingerprint density at radius 1 is 1.21 bits per heavy atom. The fraction of sp³-hybridized carbons (Fsp3) is 0.571.